The van der Waals surface area contributed by atoms with E-state index in [1.165, 1.54) is 0 Å². The Morgan fingerprint density at radius 3 is 2.30 bits per heavy atom. The Kier molecular flexibility index (Phi) is 4.63. The van der Waals surface area contributed by atoms with Crippen molar-refractivity contribution >= 4 is 0 Å². The molecule has 1 fully saturated rings. The molecule has 1 atom stereocenters. The number of piperazine rings is 1. The second kappa shape index (κ2) is 6.25. The number of hydrogen-bond donors (Lipinski definition) is 1. The van der Waals surface area contributed by atoms with Gasteiger partial charge in [0.1, 0.15) is 0 Å². The summed E-state index contributed by atoms with van der Waals surface area (Å²) in [6.07, 6.45) is -5.07. The summed E-state index contributed by atoms with van der Waals surface area (Å²) in [4.78, 5) is 1.85. The average Bonchev–Trinajstić information content (AvgIpc) is 2.45. The van der Waals surface area contributed by atoms with E-state index in [2.05, 4.69) is 5.32 Å². The molecular weight excluding hydrogens is 267 g/mol. The molecule has 1 N–H and O–H groups in total. The van der Waals surface area contributed by atoms with Crippen LogP contribution in [0.3, 0.4) is 0 Å². The highest BCUT2D eigenvalue weighted by molar-refractivity contribution is 5.33. The summed E-state index contributed by atoms with van der Waals surface area (Å²) in [6.45, 7) is 2.59. The Morgan fingerprint density at radius 2 is 1.80 bits per heavy atom. The number of hydrogen-bond acceptors (Lipinski definition) is 3. The lowest BCUT2D eigenvalue weighted by Gasteiger charge is -2.35. The molecule has 1 saturated heterocycles. The molecule has 0 aliphatic carbocycles. The summed E-state index contributed by atoms with van der Waals surface area (Å²) in [6, 6.07) is 7.68. The van der Waals surface area contributed by atoms with E-state index in [4.69, 9.17) is 5.26 Å². The highest BCUT2D eigenvalue weighted by Crippen LogP contribution is 2.34. The number of nitrogens with one attached hydrogen (secondary N) is 1. The molecule has 0 amide bonds. The predicted molar refractivity (Wildman–Crippen MR) is 69.0 cm³/mol. The Bertz CT molecular complexity index is 470. The first-order valence-electron chi connectivity index (χ1n) is 6.51. The number of benzene rings is 1. The molecule has 0 aromatic heterocycles. The van der Waals surface area contributed by atoms with Crippen molar-refractivity contribution in [2.75, 3.05) is 26.2 Å². The number of halogens is 3. The summed E-state index contributed by atoms with van der Waals surface area (Å²) in [5.74, 6) is 0. The predicted octanol–water partition coefficient (Wildman–Crippen LogP) is 2.46. The van der Waals surface area contributed by atoms with Crippen molar-refractivity contribution in [3.8, 4) is 6.07 Å². The zero-order valence-electron chi connectivity index (χ0n) is 11.0. The molecule has 1 aliphatic heterocycles. The summed E-state index contributed by atoms with van der Waals surface area (Å²) >= 11 is 0. The summed E-state index contributed by atoms with van der Waals surface area (Å²) in [7, 11) is 0. The van der Waals surface area contributed by atoms with Crippen molar-refractivity contribution in [1.29, 1.82) is 5.26 Å². The third kappa shape index (κ3) is 3.95. The third-order valence-electron chi connectivity index (χ3n) is 3.44. The average molecular weight is 283 g/mol. The van der Waals surface area contributed by atoms with Crippen LogP contribution in [-0.2, 0) is 0 Å². The minimum absolute atomic E-state index is 0.458. The zero-order chi connectivity index (χ0) is 14.6. The van der Waals surface area contributed by atoms with Gasteiger partial charge in [-0.2, -0.15) is 18.4 Å². The van der Waals surface area contributed by atoms with Gasteiger partial charge < -0.3 is 5.32 Å². The van der Waals surface area contributed by atoms with Crippen LogP contribution in [0.25, 0.3) is 0 Å². The summed E-state index contributed by atoms with van der Waals surface area (Å²) in [5, 5.41) is 11.9. The monoisotopic (exact) mass is 283 g/mol. The minimum Gasteiger partial charge on any atom is -0.314 e. The van der Waals surface area contributed by atoms with Crippen LogP contribution in [0.1, 0.15) is 23.6 Å². The van der Waals surface area contributed by atoms with Crippen LogP contribution in [0.15, 0.2) is 24.3 Å². The van der Waals surface area contributed by atoms with E-state index in [9.17, 15) is 13.2 Å². The topological polar surface area (TPSA) is 39.1 Å². The molecule has 108 valence electrons. The van der Waals surface area contributed by atoms with Crippen molar-refractivity contribution in [2.24, 2.45) is 0 Å². The van der Waals surface area contributed by atoms with Gasteiger partial charge in [-0.25, -0.2) is 0 Å². The van der Waals surface area contributed by atoms with Gasteiger partial charge in [0, 0.05) is 32.2 Å². The van der Waals surface area contributed by atoms with Crippen LogP contribution in [0, 0.1) is 11.3 Å². The number of nitriles is 1. The molecule has 1 heterocycles. The standard InChI is InChI=1S/C14H16F3N3/c15-14(16,17)9-13(20-7-5-19-6-8-20)12-3-1-11(10-18)2-4-12/h1-4,13,19H,5-9H2/t13-/m0/s1. The summed E-state index contributed by atoms with van der Waals surface area (Å²) in [5.41, 5.74) is 1.07. The van der Waals surface area contributed by atoms with Crippen LogP contribution in [0.4, 0.5) is 13.2 Å². The van der Waals surface area contributed by atoms with E-state index in [-0.39, 0.29) is 0 Å². The van der Waals surface area contributed by atoms with Crippen LogP contribution in [0.5, 0.6) is 0 Å². The second-order valence-corrected chi connectivity index (χ2v) is 4.85. The highest BCUT2D eigenvalue weighted by Gasteiger charge is 2.35. The fourth-order valence-electron chi connectivity index (χ4n) is 2.45. The van der Waals surface area contributed by atoms with Gasteiger partial charge in [0.2, 0.25) is 0 Å². The van der Waals surface area contributed by atoms with Gasteiger partial charge >= 0.3 is 6.18 Å². The lowest BCUT2D eigenvalue weighted by molar-refractivity contribution is -0.148. The van der Waals surface area contributed by atoms with Crippen molar-refractivity contribution in [1.82, 2.24) is 10.2 Å². The lowest BCUT2D eigenvalue weighted by Crippen LogP contribution is -2.46. The molecule has 1 aromatic rings. The molecule has 3 nitrogen and oxygen atoms in total. The molecule has 0 radical (unpaired) electrons. The molecule has 0 spiro atoms. The van der Waals surface area contributed by atoms with Crippen molar-refractivity contribution < 1.29 is 13.2 Å². The molecule has 1 aliphatic rings. The van der Waals surface area contributed by atoms with Gasteiger partial charge in [0.15, 0.2) is 0 Å². The Labute approximate surface area is 116 Å². The molecule has 20 heavy (non-hydrogen) atoms. The van der Waals surface area contributed by atoms with Crippen molar-refractivity contribution in [2.45, 2.75) is 18.6 Å². The Balaban J connectivity index is 2.22. The van der Waals surface area contributed by atoms with Gasteiger partial charge in [0.05, 0.1) is 18.1 Å². The van der Waals surface area contributed by atoms with E-state index >= 15 is 0 Å². The second-order valence-electron chi connectivity index (χ2n) is 4.85. The number of nitrogens with zero attached hydrogens (tertiary/aromatic N) is 2. The van der Waals surface area contributed by atoms with Crippen molar-refractivity contribution in [3.05, 3.63) is 35.4 Å². The molecule has 0 bridgehead atoms. The van der Waals surface area contributed by atoms with E-state index in [0.29, 0.717) is 37.3 Å². The fraction of sp³-hybridized carbons (Fsp3) is 0.500. The first-order valence-corrected chi connectivity index (χ1v) is 6.51. The largest absolute Gasteiger partial charge is 0.390 e. The first-order chi connectivity index (χ1) is 9.49. The molecule has 1 aromatic carbocycles. The van der Waals surface area contributed by atoms with E-state index < -0.39 is 18.6 Å². The smallest absolute Gasteiger partial charge is 0.314 e. The van der Waals surface area contributed by atoms with E-state index in [1.807, 2.05) is 11.0 Å². The van der Waals surface area contributed by atoms with E-state index in [1.54, 1.807) is 24.3 Å². The quantitative estimate of drug-likeness (QED) is 0.926. The molecule has 2 rings (SSSR count). The Hall–Kier alpha value is -1.58. The molecule has 0 unspecified atom stereocenters. The highest BCUT2D eigenvalue weighted by atomic mass is 19.4. The van der Waals surface area contributed by atoms with Gasteiger partial charge in [-0.05, 0) is 17.7 Å². The van der Waals surface area contributed by atoms with Crippen LogP contribution in [0.2, 0.25) is 0 Å². The normalized spacial score (nSPS) is 18.5. The maximum Gasteiger partial charge on any atom is 0.390 e. The summed E-state index contributed by atoms with van der Waals surface area (Å²) < 4.78 is 38.4. The van der Waals surface area contributed by atoms with Gasteiger partial charge in [-0.1, -0.05) is 12.1 Å². The van der Waals surface area contributed by atoms with Gasteiger partial charge in [-0.3, -0.25) is 4.90 Å². The van der Waals surface area contributed by atoms with Crippen LogP contribution < -0.4 is 5.32 Å². The first kappa shape index (κ1) is 14.8. The lowest BCUT2D eigenvalue weighted by atomic mass is 9.99. The molecular formula is C14H16F3N3. The van der Waals surface area contributed by atoms with Gasteiger partial charge in [0.25, 0.3) is 0 Å². The van der Waals surface area contributed by atoms with Crippen molar-refractivity contribution in [3.63, 3.8) is 0 Å². The fourth-order valence-corrected chi connectivity index (χ4v) is 2.45. The number of alkyl halides is 3. The molecule has 6 heteroatoms. The van der Waals surface area contributed by atoms with Crippen LogP contribution >= 0.6 is 0 Å². The SMILES string of the molecule is N#Cc1ccc([C@H](CC(F)(F)F)N2CCNCC2)cc1. The van der Waals surface area contributed by atoms with Gasteiger partial charge in [-0.15, -0.1) is 0 Å². The maximum absolute atomic E-state index is 12.8. The van der Waals surface area contributed by atoms with Crippen LogP contribution in [-0.4, -0.2) is 37.3 Å². The third-order valence-corrected chi connectivity index (χ3v) is 3.44. The zero-order valence-corrected chi connectivity index (χ0v) is 11.0. The molecule has 0 saturated carbocycles. The number of rotatable bonds is 3. The Morgan fingerprint density at radius 1 is 1.20 bits per heavy atom. The van der Waals surface area contributed by atoms with E-state index in [0.717, 1.165) is 0 Å². The minimum atomic E-state index is -4.20. The maximum atomic E-state index is 12.8.